The van der Waals surface area contributed by atoms with Crippen molar-refractivity contribution in [2.45, 2.75) is 31.7 Å². The first-order valence-electron chi connectivity index (χ1n) is 7.91. The quantitative estimate of drug-likeness (QED) is 0.650. The molecule has 1 fully saturated rings. The summed E-state index contributed by atoms with van der Waals surface area (Å²) in [5.41, 5.74) is 1.26. The summed E-state index contributed by atoms with van der Waals surface area (Å²) in [6.07, 6.45) is 4.27. The lowest BCUT2D eigenvalue weighted by molar-refractivity contribution is -0.384. The van der Waals surface area contributed by atoms with Crippen LogP contribution in [0.4, 0.5) is 5.69 Å². The highest BCUT2D eigenvalue weighted by Gasteiger charge is 2.21. The fourth-order valence-corrected chi connectivity index (χ4v) is 3.04. The molecule has 2 N–H and O–H groups in total. The highest BCUT2D eigenvalue weighted by Crippen LogP contribution is 2.32. The van der Waals surface area contributed by atoms with Gasteiger partial charge in [0.1, 0.15) is 11.4 Å². The number of hydrogen-bond donors (Lipinski definition) is 2. The van der Waals surface area contributed by atoms with Crippen molar-refractivity contribution in [3.8, 4) is 17.0 Å². The van der Waals surface area contributed by atoms with Crippen LogP contribution in [-0.2, 0) is 0 Å². The molecule has 1 amide bonds. The number of rotatable bonds is 5. The highest BCUT2D eigenvalue weighted by molar-refractivity contribution is 5.94. The molecule has 0 aliphatic heterocycles. The van der Waals surface area contributed by atoms with E-state index in [1.807, 2.05) is 0 Å². The van der Waals surface area contributed by atoms with Crippen LogP contribution in [0, 0.1) is 10.1 Å². The van der Waals surface area contributed by atoms with E-state index < -0.39 is 4.92 Å². The maximum atomic E-state index is 12.3. The van der Waals surface area contributed by atoms with Gasteiger partial charge in [0.15, 0.2) is 0 Å². The minimum absolute atomic E-state index is 0.0413. The van der Waals surface area contributed by atoms with E-state index in [4.69, 9.17) is 4.74 Å². The molecule has 1 heterocycles. The molecule has 24 heavy (non-hydrogen) atoms. The smallest absolute Gasteiger partial charge is 0.278 e. The number of aromatic nitrogens is 1. The third-order valence-electron chi connectivity index (χ3n) is 4.31. The second-order valence-corrected chi connectivity index (χ2v) is 5.88. The molecule has 0 spiro atoms. The molecular formula is C17H19N3O4. The molecule has 0 unspecified atom stereocenters. The Hall–Kier alpha value is -2.83. The lowest BCUT2D eigenvalue weighted by atomic mass is 10.1. The first kappa shape index (κ1) is 16.0. The maximum absolute atomic E-state index is 12.3. The van der Waals surface area contributed by atoms with Gasteiger partial charge in [-0.05, 0) is 37.1 Å². The van der Waals surface area contributed by atoms with Crippen molar-refractivity contribution < 1.29 is 14.5 Å². The Morgan fingerprint density at radius 3 is 2.71 bits per heavy atom. The summed E-state index contributed by atoms with van der Waals surface area (Å²) in [6, 6.07) is 8.05. The SMILES string of the molecule is COc1ccc([N+](=O)[O-])c(-c2ccc(C(=O)NC3CCCC3)[nH]2)c1. The Morgan fingerprint density at radius 1 is 1.29 bits per heavy atom. The number of methoxy groups -OCH3 is 1. The molecular weight excluding hydrogens is 310 g/mol. The number of nitro benzene ring substituents is 1. The van der Waals surface area contributed by atoms with Crippen molar-refractivity contribution in [3.05, 3.63) is 46.1 Å². The molecule has 0 bridgehead atoms. The number of hydrogen-bond acceptors (Lipinski definition) is 4. The summed E-state index contributed by atoms with van der Waals surface area (Å²) in [5.74, 6) is 0.334. The standard InChI is InChI=1S/C17H19N3O4/c1-24-12-6-9-16(20(22)23)13(10-12)14-7-8-15(19-14)17(21)18-11-4-2-3-5-11/h6-11,19H,2-5H2,1H3,(H,18,21). The number of carbonyl (C=O) groups excluding carboxylic acids is 1. The normalized spacial score (nSPS) is 14.5. The molecule has 3 rings (SSSR count). The largest absolute Gasteiger partial charge is 0.497 e. The zero-order chi connectivity index (χ0) is 17.1. The van der Waals surface area contributed by atoms with Gasteiger partial charge in [-0.3, -0.25) is 14.9 Å². The van der Waals surface area contributed by atoms with Crippen LogP contribution in [0.5, 0.6) is 5.75 Å². The molecule has 0 atom stereocenters. The van der Waals surface area contributed by atoms with Gasteiger partial charge in [0, 0.05) is 12.1 Å². The fourth-order valence-electron chi connectivity index (χ4n) is 3.04. The van der Waals surface area contributed by atoms with Crippen molar-refractivity contribution in [2.75, 3.05) is 7.11 Å². The van der Waals surface area contributed by atoms with E-state index >= 15 is 0 Å². The van der Waals surface area contributed by atoms with E-state index in [0.29, 0.717) is 22.7 Å². The molecule has 0 radical (unpaired) electrons. The molecule has 1 aliphatic carbocycles. The van der Waals surface area contributed by atoms with Gasteiger partial charge >= 0.3 is 0 Å². The summed E-state index contributed by atoms with van der Waals surface area (Å²) in [4.78, 5) is 26.1. The third kappa shape index (κ3) is 3.24. The van der Waals surface area contributed by atoms with Gasteiger partial charge in [-0.25, -0.2) is 0 Å². The van der Waals surface area contributed by atoms with E-state index in [2.05, 4.69) is 10.3 Å². The Balaban J connectivity index is 1.87. The molecule has 7 nitrogen and oxygen atoms in total. The monoisotopic (exact) mass is 329 g/mol. The summed E-state index contributed by atoms with van der Waals surface area (Å²) in [7, 11) is 1.50. The Kier molecular flexibility index (Phi) is 4.50. The molecule has 1 saturated carbocycles. The van der Waals surface area contributed by atoms with Gasteiger partial charge in [-0.2, -0.15) is 0 Å². The van der Waals surface area contributed by atoms with Crippen molar-refractivity contribution in [2.24, 2.45) is 0 Å². The molecule has 1 aromatic carbocycles. The van der Waals surface area contributed by atoms with Crippen LogP contribution in [0.25, 0.3) is 11.3 Å². The van der Waals surface area contributed by atoms with Gasteiger partial charge in [-0.1, -0.05) is 12.8 Å². The summed E-state index contributed by atoms with van der Waals surface area (Å²) in [6.45, 7) is 0. The zero-order valence-corrected chi connectivity index (χ0v) is 13.4. The highest BCUT2D eigenvalue weighted by atomic mass is 16.6. The van der Waals surface area contributed by atoms with Crippen LogP contribution in [0.2, 0.25) is 0 Å². The number of nitrogens with zero attached hydrogens (tertiary/aromatic N) is 1. The first-order valence-corrected chi connectivity index (χ1v) is 7.91. The van der Waals surface area contributed by atoms with Gasteiger partial charge in [0.2, 0.25) is 0 Å². The average molecular weight is 329 g/mol. The lowest BCUT2D eigenvalue weighted by Crippen LogP contribution is -2.32. The van der Waals surface area contributed by atoms with Crippen LogP contribution >= 0.6 is 0 Å². The number of benzene rings is 1. The second-order valence-electron chi connectivity index (χ2n) is 5.88. The number of carbonyl (C=O) groups is 1. The van der Waals surface area contributed by atoms with E-state index in [1.54, 1.807) is 18.2 Å². The van der Waals surface area contributed by atoms with Crippen LogP contribution in [0.15, 0.2) is 30.3 Å². The van der Waals surface area contributed by atoms with Crippen molar-refractivity contribution in [3.63, 3.8) is 0 Å². The molecule has 1 aliphatic rings. The van der Waals surface area contributed by atoms with E-state index in [9.17, 15) is 14.9 Å². The fraction of sp³-hybridized carbons (Fsp3) is 0.353. The summed E-state index contributed by atoms with van der Waals surface area (Å²) < 4.78 is 5.14. The number of aromatic amines is 1. The minimum atomic E-state index is -0.451. The maximum Gasteiger partial charge on any atom is 0.278 e. The van der Waals surface area contributed by atoms with E-state index in [0.717, 1.165) is 25.7 Å². The van der Waals surface area contributed by atoms with Crippen molar-refractivity contribution in [1.82, 2.24) is 10.3 Å². The second kappa shape index (κ2) is 6.74. The van der Waals surface area contributed by atoms with Crippen LogP contribution in [-0.4, -0.2) is 29.0 Å². The van der Waals surface area contributed by atoms with E-state index in [-0.39, 0.29) is 17.6 Å². The topological polar surface area (TPSA) is 97.3 Å². The predicted octanol–water partition coefficient (Wildman–Crippen LogP) is 3.27. The lowest BCUT2D eigenvalue weighted by Gasteiger charge is -2.10. The third-order valence-corrected chi connectivity index (χ3v) is 4.31. The Morgan fingerprint density at radius 2 is 2.04 bits per heavy atom. The molecule has 7 heteroatoms. The predicted molar refractivity (Wildman–Crippen MR) is 89.2 cm³/mol. The zero-order valence-electron chi connectivity index (χ0n) is 13.4. The number of H-pyrrole nitrogens is 1. The Labute approximate surface area is 139 Å². The number of amides is 1. The number of nitro groups is 1. The molecule has 0 saturated heterocycles. The van der Waals surface area contributed by atoms with Crippen LogP contribution in [0.1, 0.15) is 36.2 Å². The first-order chi connectivity index (χ1) is 11.6. The van der Waals surface area contributed by atoms with Crippen LogP contribution < -0.4 is 10.1 Å². The van der Waals surface area contributed by atoms with Gasteiger partial charge < -0.3 is 15.0 Å². The van der Waals surface area contributed by atoms with Gasteiger partial charge in [0.05, 0.1) is 23.3 Å². The van der Waals surface area contributed by atoms with Crippen molar-refractivity contribution >= 4 is 11.6 Å². The summed E-state index contributed by atoms with van der Waals surface area (Å²) in [5, 5.41) is 14.2. The minimum Gasteiger partial charge on any atom is -0.497 e. The van der Waals surface area contributed by atoms with Crippen LogP contribution in [0.3, 0.4) is 0 Å². The van der Waals surface area contributed by atoms with Gasteiger partial charge in [-0.15, -0.1) is 0 Å². The molecule has 1 aromatic heterocycles. The van der Waals surface area contributed by atoms with E-state index in [1.165, 1.54) is 19.2 Å². The Bertz CT molecular complexity index is 763. The average Bonchev–Trinajstić information content (AvgIpc) is 3.25. The van der Waals surface area contributed by atoms with Crippen molar-refractivity contribution in [1.29, 1.82) is 0 Å². The summed E-state index contributed by atoms with van der Waals surface area (Å²) >= 11 is 0. The molecule has 126 valence electrons. The number of ether oxygens (including phenoxy) is 1. The molecule has 2 aromatic rings. The van der Waals surface area contributed by atoms with Gasteiger partial charge in [0.25, 0.3) is 11.6 Å². The number of nitrogens with one attached hydrogen (secondary N) is 2.